The summed E-state index contributed by atoms with van der Waals surface area (Å²) in [5.74, 6) is 0. The highest BCUT2D eigenvalue weighted by atomic mass is 32.3. The monoisotopic (exact) mass is 326 g/mol. The third-order valence-electron chi connectivity index (χ3n) is 2.07. The third-order valence-corrected chi connectivity index (χ3v) is 2.52. The number of aromatic nitrogens is 2. The van der Waals surface area contributed by atoms with Crippen LogP contribution in [0.1, 0.15) is 0 Å². The molecule has 1 N–H and O–H groups in total. The quantitative estimate of drug-likeness (QED) is 0.252. The van der Waals surface area contributed by atoms with Gasteiger partial charge in [-0.15, -0.1) is 0 Å². The number of aliphatic hydroxyl groups excluding tert-OH is 1. The van der Waals surface area contributed by atoms with Crippen molar-refractivity contribution in [1.29, 1.82) is 0 Å². The van der Waals surface area contributed by atoms with Crippen molar-refractivity contribution >= 4 is 10.4 Å². The number of nitrogens with zero attached hydrogens (tertiary/aromatic N) is 2. The van der Waals surface area contributed by atoms with E-state index in [-0.39, 0.29) is 19.8 Å². The van der Waals surface area contributed by atoms with Crippen LogP contribution in [0.25, 0.3) is 0 Å². The van der Waals surface area contributed by atoms with E-state index in [1.165, 1.54) is 7.11 Å². The summed E-state index contributed by atoms with van der Waals surface area (Å²) in [6.07, 6.45) is 5.79. The first-order valence-corrected chi connectivity index (χ1v) is 7.51. The highest BCUT2D eigenvalue weighted by Gasteiger charge is 1.95. The van der Waals surface area contributed by atoms with Gasteiger partial charge in [-0.05, 0) is 0 Å². The fourth-order valence-electron chi connectivity index (χ4n) is 1.19. The summed E-state index contributed by atoms with van der Waals surface area (Å²) < 4.78 is 46.8. The topological polar surface area (TPSA) is 114 Å². The van der Waals surface area contributed by atoms with Crippen molar-refractivity contribution in [1.82, 2.24) is 4.57 Å². The molecule has 124 valence electrons. The molecule has 9 nitrogen and oxygen atoms in total. The van der Waals surface area contributed by atoms with Gasteiger partial charge in [0.25, 0.3) is 0 Å². The first-order chi connectivity index (χ1) is 9.89. The Balaban J connectivity index is 0.000000394. The molecule has 0 radical (unpaired) electrons. The van der Waals surface area contributed by atoms with Crippen LogP contribution in [0.5, 0.6) is 0 Å². The van der Waals surface area contributed by atoms with Crippen LogP contribution in [0, 0.1) is 0 Å². The van der Waals surface area contributed by atoms with Gasteiger partial charge < -0.3 is 19.1 Å². The molecule has 0 aliphatic rings. The third kappa shape index (κ3) is 13.7. The second-order valence-corrected chi connectivity index (χ2v) is 4.93. The van der Waals surface area contributed by atoms with E-state index in [1.54, 1.807) is 0 Å². The molecule has 1 rings (SSSR count). The van der Waals surface area contributed by atoms with Crippen LogP contribution < -0.4 is 4.57 Å². The van der Waals surface area contributed by atoms with Crippen molar-refractivity contribution in [3.05, 3.63) is 18.7 Å². The maximum absolute atomic E-state index is 9.86. The predicted octanol–water partition coefficient (Wildman–Crippen LogP) is -1.57. The zero-order valence-corrected chi connectivity index (χ0v) is 13.0. The van der Waals surface area contributed by atoms with Crippen molar-refractivity contribution in [2.75, 3.05) is 40.1 Å². The molecule has 0 aliphatic heterocycles. The normalized spacial score (nSPS) is 11.0. The highest BCUT2D eigenvalue weighted by molar-refractivity contribution is 7.80. The Kier molecular flexibility index (Phi) is 11.0. The lowest BCUT2D eigenvalue weighted by Gasteiger charge is -2.07. The summed E-state index contributed by atoms with van der Waals surface area (Å²) in [6, 6.07) is 0. The van der Waals surface area contributed by atoms with Gasteiger partial charge >= 0.3 is 0 Å². The SMILES string of the molecule is COCCOCCOS(=O)(=O)[O-].C[n+]1ccn(CCO)c1. The summed E-state index contributed by atoms with van der Waals surface area (Å²) in [5, 5.41) is 8.50. The lowest BCUT2D eigenvalue weighted by Crippen LogP contribution is -2.23. The van der Waals surface area contributed by atoms with Crippen molar-refractivity contribution in [2.45, 2.75) is 6.54 Å². The molecule has 0 aliphatic carbocycles. The molecule has 1 aromatic rings. The Morgan fingerprint density at radius 1 is 1.29 bits per heavy atom. The first-order valence-electron chi connectivity index (χ1n) is 6.18. The molecule has 0 spiro atoms. The van der Waals surface area contributed by atoms with Gasteiger partial charge in [-0.2, -0.15) is 0 Å². The van der Waals surface area contributed by atoms with Crippen LogP contribution in [-0.2, 0) is 37.6 Å². The Morgan fingerprint density at radius 3 is 2.43 bits per heavy atom. The summed E-state index contributed by atoms with van der Waals surface area (Å²) >= 11 is 0. The summed E-state index contributed by atoms with van der Waals surface area (Å²) in [7, 11) is -1.11. The highest BCUT2D eigenvalue weighted by Crippen LogP contribution is 1.85. The van der Waals surface area contributed by atoms with Crippen molar-refractivity contribution in [2.24, 2.45) is 7.05 Å². The van der Waals surface area contributed by atoms with E-state index in [0.29, 0.717) is 19.8 Å². The van der Waals surface area contributed by atoms with Crippen LogP contribution >= 0.6 is 0 Å². The number of methoxy groups -OCH3 is 1. The number of rotatable bonds is 9. The minimum Gasteiger partial charge on any atom is -0.726 e. The van der Waals surface area contributed by atoms with Crippen molar-refractivity contribution < 1.29 is 36.3 Å². The fourth-order valence-corrected chi connectivity index (χ4v) is 1.46. The molecule has 0 aromatic carbocycles. The van der Waals surface area contributed by atoms with Crippen molar-refractivity contribution in [3.63, 3.8) is 0 Å². The van der Waals surface area contributed by atoms with E-state index in [1.807, 2.05) is 34.9 Å². The van der Waals surface area contributed by atoms with Gasteiger partial charge in [0.1, 0.15) is 18.9 Å². The van der Waals surface area contributed by atoms with Crippen LogP contribution in [-0.4, -0.2) is 62.8 Å². The first kappa shape index (κ1) is 20.0. The Morgan fingerprint density at radius 2 is 1.95 bits per heavy atom. The zero-order chi connectivity index (χ0) is 16.1. The van der Waals surface area contributed by atoms with Gasteiger partial charge in [0.15, 0.2) is 0 Å². The standard InChI is InChI=1S/C6H11N2O.C5H12O6S/c1-7-2-3-8(6-7)4-5-9;1-9-2-3-10-4-5-11-12(6,7)8/h2-3,6,9H,4-5H2,1H3;2-5H2,1H3,(H,6,7,8)/q+1;/p-1. The summed E-state index contributed by atoms with van der Waals surface area (Å²) in [5.41, 5.74) is 0. The van der Waals surface area contributed by atoms with Gasteiger partial charge in [-0.3, -0.25) is 4.18 Å². The lowest BCUT2D eigenvalue weighted by atomic mass is 10.7. The molecule has 1 aromatic heterocycles. The number of ether oxygens (including phenoxy) is 2. The maximum Gasteiger partial charge on any atom is 0.243 e. The molecule has 1 heterocycles. The minimum atomic E-state index is -4.58. The van der Waals surface area contributed by atoms with E-state index < -0.39 is 10.4 Å². The van der Waals surface area contributed by atoms with Crippen LogP contribution in [0.15, 0.2) is 18.7 Å². The number of hydrogen-bond acceptors (Lipinski definition) is 7. The number of aryl methyl sites for hydroxylation is 1. The van der Waals surface area contributed by atoms with E-state index in [0.717, 1.165) is 0 Å². The average Bonchev–Trinajstić information content (AvgIpc) is 2.79. The lowest BCUT2D eigenvalue weighted by molar-refractivity contribution is -0.671. The van der Waals surface area contributed by atoms with Crippen molar-refractivity contribution in [3.8, 4) is 0 Å². The Hall–Kier alpha value is -1.04. The molecule has 10 heteroatoms. The predicted molar refractivity (Wildman–Crippen MR) is 71.0 cm³/mol. The van der Waals surface area contributed by atoms with Gasteiger partial charge in [-0.25, -0.2) is 17.6 Å². The molecular weight excluding hydrogens is 304 g/mol. The molecule has 0 saturated heterocycles. The molecule has 0 bridgehead atoms. The molecule has 0 amide bonds. The van der Waals surface area contributed by atoms with Crippen LogP contribution in [0.4, 0.5) is 0 Å². The van der Waals surface area contributed by atoms with Crippen LogP contribution in [0.2, 0.25) is 0 Å². The maximum atomic E-state index is 9.86. The number of aliphatic hydroxyl groups is 1. The van der Waals surface area contributed by atoms with Crippen LogP contribution in [0.3, 0.4) is 0 Å². The molecule has 0 atom stereocenters. The van der Waals surface area contributed by atoms with E-state index >= 15 is 0 Å². The second kappa shape index (κ2) is 11.6. The largest absolute Gasteiger partial charge is 0.726 e. The average molecular weight is 326 g/mol. The molecule has 0 fully saturated rings. The second-order valence-electron chi connectivity index (χ2n) is 3.88. The Bertz CT molecular complexity index is 461. The number of hydrogen-bond donors (Lipinski definition) is 1. The molecule has 0 unspecified atom stereocenters. The van der Waals surface area contributed by atoms with E-state index in [2.05, 4.69) is 8.92 Å². The zero-order valence-electron chi connectivity index (χ0n) is 12.2. The van der Waals surface area contributed by atoms with Gasteiger partial charge in [0, 0.05) is 7.11 Å². The molecular formula is C11H22N2O7S. The summed E-state index contributed by atoms with van der Waals surface area (Å²) in [6.45, 7) is 1.46. The Labute approximate surface area is 124 Å². The van der Waals surface area contributed by atoms with Gasteiger partial charge in [-0.1, -0.05) is 0 Å². The van der Waals surface area contributed by atoms with E-state index in [4.69, 9.17) is 9.84 Å². The van der Waals surface area contributed by atoms with Gasteiger partial charge in [0.05, 0.1) is 40.1 Å². The molecule has 0 saturated carbocycles. The minimum absolute atomic E-state index is 0.0603. The van der Waals surface area contributed by atoms with E-state index in [9.17, 15) is 13.0 Å². The van der Waals surface area contributed by atoms with Gasteiger partial charge in [0.2, 0.25) is 16.7 Å². The summed E-state index contributed by atoms with van der Waals surface area (Å²) in [4.78, 5) is 0. The smallest absolute Gasteiger partial charge is 0.243 e. The number of imidazole rings is 1. The molecule has 21 heavy (non-hydrogen) atoms. The fraction of sp³-hybridized carbons (Fsp3) is 0.727.